The first kappa shape index (κ1) is 21.8. The molecule has 0 amide bonds. The Labute approximate surface area is 149 Å². The van der Waals surface area contributed by atoms with Crippen LogP contribution in [0.2, 0.25) is 0 Å². The molecule has 144 valence electrons. The van der Waals surface area contributed by atoms with Gasteiger partial charge in [-0.25, -0.2) is 25.9 Å². The molecule has 10 heteroatoms. The Hall–Kier alpha value is -1.23. The van der Waals surface area contributed by atoms with Crippen LogP contribution in [-0.2, 0) is 20.0 Å². The quantitative estimate of drug-likeness (QED) is 0.528. The van der Waals surface area contributed by atoms with Crippen molar-refractivity contribution in [3.63, 3.8) is 0 Å². The number of benzene rings is 1. The van der Waals surface area contributed by atoms with Crippen molar-refractivity contribution in [3.05, 3.63) is 24.0 Å². The Morgan fingerprint density at radius 1 is 1.16 bits per heavy atom. The molecule has 0 aromatic heterocycles. The molecule has 0 spiro atoms. The van der Waals surface area contributed by atoms with Gasteiger partial charge in [0.05, 0.1) is 16.3 Å². The van der Waals surface area contributed by atoms with Gasteiger partial charge in [-0.1, -0.05) is 26.7 Å². The summed E-state index contributed by atoms with van der Waals surface area (Å²) in [5, 5.41) is 0. The van der Waals surface area contributed by atoms with E-state index in [1.165, 1.54) is 0 Å². The third kappa shape index (κ3) is 6.89. The average Bonchev–Trinajstić information content (AvgIpc) is 2.52. The van der Waals surface area contributed by atoms with Crippen molar-refractivity contribution in [2.24, 2.45) is 5.73 Å². The minimum Gasteiger partial charge on any atom is -0.329 e. The lowest BCUT2D eigenvalue weighted by atomic mass is 10.1. The molecule has 1 aromatic carbocycles. The van der Waals surface area contributed by atoms with Gasteiger partial charge in [0.1, 0.15) is 5.82 Å². The molecule has 7 nitrogen and oxygen atoms in total. The van der Waals surface area contributed by atoms with Crippen molar-refractivity contribution < 1.29 is 21.2 Å². The number of halogens is 1. The van der Waals surface area contributed by atoms with E-state index < -0.39 is 31.9 Å². The first-order chi connectivity index (χ1) is 11.6. The highest BCUT2D eigenvalue weighted by atomic mass is 32.2. The molecule has 0 bridgehead atoms. The molecule has 25 heavy (non-hydrogen) atoms. The number of nitrogens with two attached hydrogens (primary N) is 1. The molecule has 0 aliphatic rings. The standard InChI is InChI=1S/C15H26FN3O4S2/c1-3-5-6-12(11-17)18-25(22,23)13-7-8-15(14(16)10-13)19-24(20,21)9-4-2/h7-8,10,12,18-19H,3-6,9,11,17H2,1-2H3. The summed E-state index contributed by atoms with van der Waals surface area (Å²) in [6.07, 6.45) is 2.69. The van der Waals surface area contributed by atoms with E-state index in [1.54, 1.807) is 6.92 Å². The summed E-state index contributed by atoms with van der Waals surface area (Å²) < 4.78 is 66.8. The monoisotopic (exact) mass is 395 g/mol. The highest BCUT2D eigenvalue weighted by Crippen LogP contribution is 2.20. The number of unbranched alkanes of at least 4 members (excludes halogenated alkanes) is 1. The summed E-state index contributed by atoms with van der Waals surface area (Å²) in [4.78, 5) is -0.279. The summed E-state index contributed by atoms with van der Waals surface area (Å²) in [5.74, 6) is -1.11. The van der Waals surface area contributed by atoms with Gasteiger partial charge in [0, 0.05) is 12.6 Å². The van der Waals surface area contributed by atoms with Crippen LogP contribution in [0.15, 0.2) is 23.1 Å². The summed E-state index contributed by atoms with van der Waals surface area (Å²) >= 11 is 0. The van der Waals surface area contributed by atoms with E-state index in [4.69, 9.17) is 5.73 Å². The number of sulfonamides is 2. The lowest BCUT2D eigenvalue weighted by Crippen LogP contribution is -2.40. The largest absolute Gasteiger partial charge is 0.329 e. The van der Waals surface area contributed by atoms with Gasteiger partial charge in [-0.3, -0.25) is 4.72 Å². The van der Waals surface area contributed by atoms with E-state index in [-0.39, 0.29) is 22.9 Å². The molecule has 4 N–H and O–H groups in total. The van der Waals surface area contributed by atoms with E-state index in [1.807, 2.05) is 6.92 Å². The minimum atomic E-state index is -3.94. The Bertz CT molecular complexity index is 767. The van der Waals surface area contributed by atoms with Crippen LogP contribution in [0.3, 0.4) is 0 Å². The lowest BCUT2D eigenvalue weighted by molar-refractivity contribution is 0.515. The van der Waals surface area contributed by atoms with E-state index >= 15 is 0 Å². The molecule has 0 saturated heterocycles. The number of anilines is 1. The van der Waals surface area contributed by atoms with Crippen LogP contribution < -0.4 is 15.2 Å². The Morgan fingerprint density at radius 3 is 2.36 bits per heavy atom. The first-order valence-electron chi connectivity index (χ1n) is 8.17. The van der Waals surface area contributed by atoms with Crippen LogP contribution in [0, 0.1) is 5.82 Å². The number of hydrogen-bond acceptors (Lipinski definition) is 5. The number of hydrogen-bond donors (Lipinski definition) is 3. The number of rotatable bonds is 11. The third-order valence-corrected chi connectivity index (χ3v) is 6.50. The summed E-state index contributed by atoms with van der Waals surface area (Å²) in [7, 11) is -7.60. The maximum atomic E-state index is 14.1. The van der Waals surface area contributed by atoms with E-state index in [0.717, 1.165) is 31.0 Å². The van der Waals surface area contributed by atoms with Crippen LogP contribution >= 0.6 is 0 Å². The molecule has 0 radical (unpaired) electrons. The maximum Gasteiger partial charge on any atom is 0.240 e. The molecule has 1 atom stereocenters. The van der Waals surface area contributed by atoms with Crippen LogP contribution in [0.5, 0.6) is 0 Å². The van der Waals surface area contributed by atoms with Gasteiger partial charge < -0.3 is 5.73 Å². The predicted octanol–water partition coefficient (Wildman–Crippen LogP) is 1.77. The van der Waals surface area contributed by atoms with Crippen LogP contribution in [0.25, 0.3) is 0 Å². The average molecular weight is 396 g/mol. The normalized spacial score (nSPS) is 13.6. The summed E-state index contributed by atoms with van der Waals surface area (Å²) in [6, 6.07) is 2.61. The molecule has 0 aliphatic heterocycles. The van der Waals surface area contributed by atoms with Gasteiger partial charge >= 0.3 is 0 Å². The van der Waals surface area contributed by atoms with Crippen LogP contribution in [0.1, 0.15) is 39.5 Å². The maximum absolute atomic E-state index is 14.1. The Kier molecular flexibility index (Phi) is 8.26. The van der Waals surface area contributed by atoms with Gasteiger partial charge in [-0.15, -0.1) is 0 Å². The molecule has 0 heterocycles. The Morgan fingerprint density at radius 2 is 1.84 bits per heavy atom. The van der Waals surface area contributed by atoms with Crippen molar-refractivity contribution in [1.29, 1.82) is 0 Å². The zero-order valence-corrected chi connectivity index (χ0v) is 16.1. The summed E-state index contributed by atoms with van der Waals surface area (Å²) in [5.41, 5.74) is 5.29. The fourth-order valence-electron chi connectivity index (χ4n) is 2.20. The molecular weight excluding hydrogens is 369 g/mol. The lowest BCUT2D eigenvalue weighted by Gasteiger charge is -2.17. The van der Waals surface area contributed by atoms with Crippen molar-refractivity contribution in [2.45, 2.75) is 50.5 Å². The molecule has 1 aromatic rings. The molecule has 1 rings (SSSR count). The van der Waals surface area contributed by atoms with Gasteiger partial charge in [0.25, 0.3) is 0 Å². The van der Waals surface area contributed by atoms with Crippen molar-refractivity contribution >= 4 is 25.7 Å². The van der Waals surface area contributed by atoms with Crippen molar-refractivity contribution in [2.75, 3.05) is 17.0 Å². The van der Waals surface area contributed by atoms with Crippen molar-refractivity contribution in [1.82, 2.24) is 4.72 Å². The van der Waals surface area contributed by atoms with Gasteiger partial charge in [0.2, 0.25) is 20.0 Å². The fourth-order valence-corrected chi connectivity index (χ4v) is 4.63. The second-order valence-corrected chi connectivity index (χ2v) is 9.31. The van der Waals surface area contributed by atoms with Gasteiger partial charge in [0.15, 0.2) is 0 Å². The second kappa shape index (κ2) is 9.46. The topological polar surface area (TPSA) is 118 Å². The van der Waals surface area contributed by atoms with Crippen LogP contribution in [0.4, 0.5) is 10.1 Å². The molecule has 0 saturated carbocycles. The Balaban J connectivity index is 2.97. The first-order valence-corrected chi connectivity index (χ1v) is 11.3. The highest BCUT2D eigenvalue weighted by Gasteiger charge is 2.21. The second-order valence-electron chi connectivity index (χ2n) is 5.76. The predicted molar refractivity (Wildman–Crippen MR) is 96.8 cm³/mol. The molecule has 0 aliphatic carbocycles. The van der Waals surface area contributed by atoms with Crippen LogP contribution in [-0.4, -0.2) is 35.2 Å². The number of nitrogens with one attached hydrogen (secondary N) is 2. The van der Waals surface area contributed by atoms with Crippen molar-refractivity contribution in [3.8, 4) is 0 Å². The zero-order valence-electron chi connectivity index (χ0n) is 14.5. The smallest absolute Gasteiger partial charge is 0.240 e. The van der Waals surface area contributed by atoms with Gasteiger partial charge in [-0.2, -0.15) is 0 Å². The summed E-state index contributed by atoms with van der Waals surface area (Å²) in [6.45, 7) is 3.80. The highest BCUT2D eigenvalue weighted by molar-refractivity contribution is 7.92. The minimum absolute atomic E-state index is 0.136. The third-order valence-electron chi connectivity index (χ3n) is 3.50. The molecule has 0 fully saturated rings. The van der Waals surface area contributed by atoms with E-state index in [9.17, 15) is 21.2 Å². The molecular formula is C15H26FN3O4S2. The van der Waals surface area contributed by atoms with E-state index in [0.29, 0.717) is 12.8 Å². The fraction of sp³-hybridized carbons (Fsp3) is 0.600. The SMILES string of the molecule is CCCCC(CN)NS(=O)(=O)c1ccc(NS(=O)(=O)CCC)c(F)c1. The van der Waals surface area contributed by atoms with Gasteiger partial charge in [-0.05, 0) is 31.0 Å². The zero-order chi connectivity index (χ0) is 19.1. The molecule has 1 unspecified atom stereocenters. The van der Waals surface area contributed by atoms with E-state index in [2.05, 4.69) is 9.44 Å².